The van der Waals surface area contributed by atoms with Crippen molar-refractivity contribution in [2.75, 3.05) is 26.4 Å². The Hall–Kier alpha value is -1.33. The smallest absolute Gasteiger partial charge is 0.267 e. The molecule has 18 heavy (non-hydrogen) atoms. The highest BCUT2D eigenvalue weighted by Gasteiger charge is 2.11. The van der Waals surface area contributed by atoms with Crippen LogP contribution in [0.4, 0.5) is 0 Å². The molecule has 1 heterocycles. The molecule has 1 amide bonds. The Bertz CT molecular complexity index is 361. The fraction of sp³-hybridized carbons (Fsp3) is 0.615. The summed E-state index contributed by atoms with van der Waals surface area (Å²) in [5.41, 5.74) is 0.682. The van der Waals surface area contributed by atoms with E-state index in [9.17, 15) is 4.79 Å². The lowest BCUT2D eigenvalue weighted by atomic mass is 10.3. The Balaban J connectivity index is 2.30. The summed E-state index contributed by atoms with van der Waals surface area (Å²) in [6.07, 6.45) is 2.65. The second-order valence-electron chi connectivity index (χ2n) is 4.34. The molecule has 0 aliphatic rings. The van der Waals surface area contributed by atoms with Crippen LogP contribution in [-0.4, -0.2) is 41.9 Å². The molecule has 102 valence electrons. The lowest BCUT2D eigenvalue weighted by Gasteiger charge is -2.12. The van der Waals surface area contributed by atoms with Gasteiger partial charge in [0.15, 0.2) is 0 Å². The zero-order chi connectivity index (χ0) is 13.4. The van der Waals surface area contributed by atoms with Gasteiger partial charge in [-0.15, -0.1) is 0 Å². The topological polar surface area (TPSA) is 63.5 Å². The average Bonchev–Trinajstić information content (AvgIpc) is 2.82. The normalized spacial score (nSPS) is 10.9. The molecule has 0 unspecified atom stereocenters. The van der Waals surface area contributed by atoms with E-state index in [1.807, 2.05) is 36.7 Å². The van der Waals surface area contributed by atoms with Crippen molar-refractivity contribution in [2.45, 2.75) is 26.3 Å². The molecule has 2 N–H and O–H groups in total. The van der Waals surface area contributed by atoms with Gasteiger partial charge in [0, 0.05) is 25.4 Å². The molecule has 0 aliphatic carbocycles. The van der Waals surface area contributed by atoms with E-state index in [0.717, 1.165) is 6.42 Å². The maximum Gasteiger partial charge on any atom is 0.267 e. The predicted molar refractivity (Wildman–Crippen MR) is 69.7 cm³/mol. The Morgan fingerprint density at radius 1 is 1.50 bits per heavy atom. The van der Waals surface area contributed by atoms with E-state index < -0.39 is 0 Å². The van der Waals surface area contributed by atoms with Crippen LogP contribution in [0.3, 0.4) is 0 Å². The van der Waals surface area contributed by atoms with Crippen molar-refractivity contribution in [3.63, 3.8) is 0 Å². The Kier molecular flexibility index (Phi) is 6.46. The van der Waals surface area contributed by atoms with Crippen molar-refractivity contribution in [1.29, 1.82) is 0 Å². The van der Waals surface area contributed by atoms with Crippen molar-refractivity contribution in [2.24, 2.45) is 0 Å². The fourth-order valence-corrected chi connectivity index (χ4v) is 1.67. The molecule has 0 saturated carbocycles. The van der Waals surface area contributed by atoms with Crippen molar-refractivity contribution >= 4 is 5.91 Å². The highest BCUT2D eigenvalue weighted by molar-refractivity contribution is 5.92. The molecule has 0 fully saturated rings. The second kappa shape index (κ2) is 7.89. The molecule has 0 saturated heterocycles. The van der Waals surface area contributed by atoms with Crippen LogP contribution < -0.4 is 5.32 Å². The number of hydrogen-bond acceptors (Lipinski definition) is 3. The number of aromatic nitrogens is 1. The van der Waals surface area contributed by atoms with E-state index in [1.165, 1.54) is 0 Å². The number of amides is 1. The molecule has 0 bridgehead atoms. The van der Waals surface area contributed by atoms with Crippen LogP contribution in [-0.2, 0) is 4.74 Å². The summed E-state index contributed by atoms with van der Waals surface area (Å²) in [6.45, 7) is 5.59. The zero-order valence-corrected chi connectivity index (χ0v) is 11.1. The van der Waals surface area contributed by atoms with E-state index >= 15 is 0 Å². The van der Waals surface area contributed by atoms with Crippen molar-refractivity contribution in [3.05, 3.63) is 24.0 Å². The lowest BCUT2D eigenvalue weighted by molar-refractivity contribution is 0.0863. The summed E-state index contributed by atoms with van der Waals surface area (Å²) in [4.78, 5) is 11.9. The van der Waals surface area contributed by atoms with E-state index in [2.05, 4.69) is 5.32 Å². The third-order valence-corrected chi connectivity index (χ3v) is 2.55. The molecule has 1 aromatic heterocycles. The van der Waals surface area contributed by atoms with Crippen LogP contribution in [0.1, 0.15) is 36.8 Å². The number of carbonyl (C=O) groups excluding carboxylic acids is 1. The van der Waals surface area contributed by atoms with Crippen molar-refractivity contribution in [3.8, 4) is 0 Å². The maximum atomic E-state index is 11.9. The Labute approximate surface area is 108 Å². The van der Waals surface area contributed by atoms with Gasteiger partial charge in [-0.05, 0) is 32.4 Å². The largest absolute Gasteiger partial charge is 0.394 e. The van der Waals surface area contributed by atoms with Crippen LogP contribution in [0.25, 0.3) is 0 Å². The van der Waals surface area contributed by atoms with Crippen molar-refractivity contribution in [1.82, 2.24) is 9.88 Å². The summed E-state index contributed by atoms with van der Waals surface area (Å²) < 4.78 is 7.05. The number of rotatable bonds is 8. The zero-order valence-electron chi connectivity index (χ0n) is 11.1. The number of nitrogens with zero attached hydrogens (tertiary/aromatic N) is 1. The number of ether oxygens (including phenoxy) is 1. The molecule has 1 rings (SSSR count). The van der Waals surface area contributed by atoms with Gasteiger partial charge in [-0.25, -0.2) is 0 Å². The van der Waals surface area contributed by atoms with Crippen LogP contribution in [0, 0.1) is 0 Å². The van der Waals surface area contributed by atoms with Gasteiger partial charge in [0.05, 0.1) is 13.2 Å². The summed E-state index contributed by atoms with van der Waals surface area (Å²) in [7, 11) is 0. The monoisotopic (exact) mass is 254 g/mol. The SMILES string of the molecule is CC(C)n1cccc1C(=O)NCCCOCCO. The third-order valence-electron chi connectivity index (χ3n) is 2.55. The molecule has 0 aromatic carbocycles. The molecule has 0 atom stereocenters. The van der Waals surface area contributed by atoms with Crippen molar-refractivity contribution < 1.29 is 14.6 Å². The molecular weight excluding hydrogens is 232 g/mol. The highest BCUT2D eigenvalue weighted by Crippen LogP contribution is 2.10. The summed E-state index contributed by atoms with van der Waals surface area (Å²) in [5, 5.41) is 11.4. The number of carbonyl (C=O) groups is 1. The van der Waals surface area contributed by atoms with Gasteiger partial charge in [-0.3, -0.25) is 4.79 Å². The number of aliphatic hydroxyl groups excluding tert-OH is 1. The standard InChI is InChI=1S/C13H22N2O3/c1-11(2)15-7-3-5-12(15)13(17)14-6-4-9-18-10-8-16/h3,5,7,11,16H,4,6,8-10H2,1-2H3,(H,14,17). The molecule has 0 spiro atoms. The number of hydrogen-bond donors (Lipinski definition) is 2. The second-order valence-corrected chi connectivity index (χ2v) is 4.34. The maximum absolute atomic E-state index is 11.9. The lowest BCUT2D eigenvalue weighted by Crippen LogP contribution is -2.27. The third kappa shape index (κ3) is 4.50. The van der Waals surface area contributed by atoms with Crippen LogP contribution in [0.15, 0.2) is 18.3 Å². The molecule has 1 aromatic rings. The Morgan fingerprint density at radius 2 is 2.28 bits per heavy atom. The van der Waals surface area contributed by atoms with Crippen LogP contribution in [0.2, 0.25) is 0 Å². The van der Waals surface area contributed by atoms with E-state index in [1.54, 1.807) is 0 Å². The first-order valence-corrected chi connectivity index (χ1v) is 6.30. The van der Waals surface area contributed by atoms with Gasteiger partial charge in [0.25, 0.3) is 5.91 Å². The molecule has 0 aliphatic heterocycles. The van der Waals surface area contributed by atoms with E-state index in [0.29, 0.717) is 25.5 Å². The number of nitrogens with one attached hydrogen (secondary N) is 1. The highest BCUT2D eigenvalue weighted by atomic mass is 16.5. The quantitative estimate of drug-likeness (QED) is 0.685. The molecule has 0 radical (unpaired) electrons. The minimum atomic E-state index is -0.0594. The minimum absolute atomic E-state index is 0.0360. The van der Waals surface area contributed by atoms with Gasteiger partial charge in [-0.2, -0.15) is 0 Å². The van der Waals surface area contributed by atoms with Gasteiger partial charge < -0.3 is 19.7 Å². The molecule has 5 heteroatoms. The van der Waals surface area contributed by atoms with Crippen LogP contribution >= 0.6 is 0 Å². The van der Waals surface area contributed by atoms with Crippen LogP contribution in [0.5, 0.6) is 0 Å². The summed E-state index contributed by atoms with van der Waals surface area (Å²) in [6, 6.07) is 3.96. The average molecular weight is 254 g/mol. The predicted octanol–water partition coefficient (Wildman–Crippen LogP) is 1.20. The molecular formula is C13H22N2O3. The summed E-state index contributed by atoms with van der Waals surface area (Å²) in [5.74, 6) is -0.0594. The van der Waals surface area contributed by atoms with Gasteiger partial charge in [0.2, 0.25) is 0 Å². The van der Waals surface area contributed by atoms with E-state index in [4.69, 9.17) is 9.84 Å². The first-order chi connectivity index (χ1) is 8.66. The number of aliphatic hydroxyl groups is 1. The minimum Gasteiger partial charge on any atom is -0.394 e. The first-order valence-electron chi connectivity index (χ1n) is 6.30. The first kappa shape index (κ1) is 14.7. The van der Waals surface area contributed by atoms with Gasteiger partial charge in [-0.1, -0.05) is 0 Å². The van der Waals surface area contributed by atoms with E-state index in [-0.39, 0.29) is 18.6 Å². The molecule has 5 nitrogen and oxygen atoms in total. The Morgan fingerprint density at radius 3 is 2.94 bits per heavy atom. The van der Waals surface area contributed by atoms with Gasteiger partial charge in [0.1, 0.15) is 5.69 Å². The van der Waals surface area contributed by atoms with Gasteiger partial charge >= 0.3 is 0 Å². The fourth-order valence-electron chi connectivity index (χ4n) is 1.67. The summed E-state index contributed by atoms with van der Waals surface area (Å²) >= 11 is 0.